The average Bonchev–Trinajstić information content (AvgIpc) is 4.12. The molecule has 3 aromatic heterocycles. The monoisotopic (exact) mass is 1170 g/mol. The standard InChI is InChI=1S/C20H21F3N4O.C18H16F6N4O.C18H19F3N4O/c21-14-5-16(23)15(22)4-13(14)19-17(24)3-12(9-28-19)27-7-11-6-25-20(10-1-2-10)26-18(11)8-27;19-11-3-13(21)12(20)2-10(11)16-14(25)1-9(7-29-16)28-5-8-4-26-17(18(22,23)24)27-15(8)6-28;1-9-23-5-10-6-25(7-17(10)24-9)11-2-16(22)18(26-8-11)12-3-14(20)15(21)4-13(12)19/h4-6,10,12,17,19H,1-3,7-9,24H2;2-4,9,14,16H,1,5-7,25H2;3-5,11,16,18H,2,6-8,22H2,1H3/t12-,17+,19?;9-,14+,16?;11-,16+,18?/m111/s1. The fourth-order valence-electron chi connectivity index (χ4n) is 11.6. The molecule has 6 N–H and O–H groups in total. The van der Waals surface area contributed by atoms with E-state index >= 15 is 0 Å². The van der Waals surface area contributed by atoms with Gasteiger partial charge in [-0.25, -0.2) is 69.4 Å². The molecule has 83 heavy (non-hydrogen) atoms. The van der Waals surface area contributed by atoms with E-state index < -0.39 is 101 Å². The summed E-state index contributed by atoms with van der Waals surface area (Å²) in [6.45, 7) is 5.96. The Bertz CT molecular complexity index is 3400. The molecule has 442 valence electrons. The molecule has 4 fully saturated rings. The lowest BCUT2D eigenvalue weighted by Gasteiger charge is -2.38. The highest BCUT2D eigenvalue weighted by Gasteiger charge is 2.42. The summed E-state index contributed by atoms with van der Waals surface area (Å²) in [7, 11) is 0. The van der Waals surface area contributed by atoms with Crippen molar-refractivity contribution in [1.82, 2.24) is 44.6 Å². The minimum atomic E-state index is -4.62. The van der Waals surface area contributed by atoms with Crippen molar-refractivity contribution in [3.05, 3.63) is 175 Å². The molecular formula is C56H56F12N12O3. The van der Waals surface area contributed by atoms with Crippen LogP contribution in [0.2, 0.25) is 0 Å². The van der Waals surface area contributed by atoms with Crippen molar-refractivity contribution < 1.29 is 66.9 Å². The maximum atomic E-state index is 14.1. The molecule has 27 heteroatoms. The average molecular weight is 1170 g/mol. The highest BCUT2D eigenvalue weighted by molar-refractivity contribution is 5.30. The largest absolute Gasteiger partial charge is 0.451 e. The van der Waals surface area contributed by atoms with Gasteiger partial charge in [-0.2, -0.15) is 13.2 Å². The minimum absolute atomic E-state index is 0.0329. The summed E-state index contributed by atoms with van der Waals surface area (Å²) in [5.74, 6) is -8.80. The van der Waals surface area contributed by atoms with Crippen LogP contribution in [0.5, 0.6) is 0 Å². The Labute approximate surface area is 467 Å². The predicted molar refractivity (Wildman–Crippen MR) is 270 cm³/mol. The van der Waals surface area contributed by atoms with Gasteiger partial charge in [0.05, 0.1) is 36.9 Å². The molecule has 7 aliphatic rings. The number of hydrogen-bond acceptors (Lipinski definition) is 15. The molecule has 0 spiro atoms. The lowest BCUT2D eigenvalue weighted by atomic mass is 9.93. The first-order chi connectivity index (χ1) is 39.5. The molecule has 9 heterocycles. The second kappa shape index (κ2) is 23.6. The summed E-state index contributed by atoms with van der Waals surface area (Å²) in [5, 5.41) is 0. The summed E-state index contributed by atoms with van der Waals surface area (Å²) in [5.41, 5.74) is 23.4. The number of aromatic nitrogens is 6. The van der Waals surface area contributed by atoms with Gasteiger partial charge >= 0.3 is 6.18 Å². The molecule has 3 unspecified atom stereocenters. The van der Waals surface area contributed by atoms with Crippen LogP contribution in [0, 0.1) is 59.3 Å². The highest BCUT2D eigenvalue weighted by atomic mass is 19.4. The smallest absolute Gasteiger partial charge is 0.370 e. The first kappa shape index (κ1) is 58.5. The van der Waals surface area contributed by atoms with Crippen LogP contribution in [0.3, 0.4) is 0 Å². The van der Waals surface area contributed by atoms with E-state index in [4.69, 9.17) is 36.4 Å². The molecule has 1 aliphatic carbocycles. The summed E-state index contributed by atoms with van der Waals surface area (Å²) >= 11 is 0. The molecule has 0 radical (unpaired) electrons. The quantitative estimate of drug-likeness (QED) is 0.102. The molecule has 3 saturated heterocycles. The lowest BCUT2D eigenvalue weighted by molar-refractivity contribution is -0.145. The van der Waals surface area contributed by atoms with Crippen molar-refractivity contribution in [3.8, 4) is 0 Å². The molecule has 0 bridgehead atoms. The third kappa shape index (κ3) is 12.6. The first-order valence-corrected chi connectivity index (χ1v) is 26.9. The SMILES string of the molecule is Cc1ncc2c(n1)CN([C@H]1COC(c3cc(F)c(F)cc3F)[C@@H](N)C1)C2.N[C@H]1C[C@@H](N2Cc3cnc(C(F)(F)F)nc3C2)COC1c1cc(F)c(F)cc1F.N[C@H]1C[C@@H](N2Cc3cnc(C4CC4)nc3C2)COC1c1cc(F)c(F)cc1F. The van der Waals surface area contributed by atoms with Gasteiger partial charge in [-0.1, -0.05) is 0 Å². The molecule has 9 atom stereocenters. The van der Waals surface area contributed by atoms with Crippen LogP contribution < -0.4 is 17.2 Å². The van der Waals surface area contributed by atoms with E-state index in [0.717, 1.165) is 77.9 Å². The van der Waals surface area contributed by atoms with Gasteiger partial charge in [0.2, 0.25) is 5.82 Å². The second-order valence-electron chi connectivity index (χ2n) is 22.0. The third-order valence-corrected chi connectivity index (χ3v) is 16.2. The number of alkyl halides is 3. The van der Waals surface area contributed by atoms with Crippen molar-refractivity contribution in [3.63, 3.8) is 0 Å². The Morgan fingerprint density at radius 2 is 0.795 bits per heavy atom. The molecule has 6 aromatic rings. The maximum Gasteiger partial charge on any atom is 0.451 e. The fraction of sp³-hybridized carbons (Fsp3) is 0.464. The van der Waals surface area contributed by atoms with Crippen LogP contribution in [0.4, 0.5) is 52.7 Å². The number of halogens is 12. The Kier molecular flexibility index (Phi) is 16.6. The zero-order valence-electron chi connectivity index (χ0n) is 44.4. The van der Waals surface area contributed by atoms with Gasteiger partial charge in [-0.3, -0.25) is 14.7 Å². The van der Waals surface area contributed by atoms with Gasteiger partial charge in [0, 0.05) is 152 Å². The second-order valence-corrected chi connectivity index (χ2v) is 22.0. The molecular weight excluding hydrogens is 1120 g/mol. The molecule has 3 aromatic carbocycles. The van der Waals surface area contributed by atoms with Crippen LogP contribution in [0.15, 0.2) is 55.0 Å². The normalized spacial score (nSPS) is 26.4. The Hall–Kier alpha value is -6.30. The van der Waals surface area contributed by atoms with E-state index in [1.165, 1.54) is 0 Å². The molecule has 13 rings (SSSR count). The van der Waals surface area contributed by atoms with Gasteiger partial charge in [-0.15, -0.1) is 0 Å². The van der Waals surface area contributed by atoms with Crippen LogP contribution >= 0.6 is 0 Å². The summed E-state index contributed by atoms with van der Waals surface area (Å²) < 4.78 is 178. The zero-order valence-corrected chi connectivity index (χ0v) is 44.4. The number of nitrogens with two attached hydrogens (primary N) is 3. The van der Waals surface area contributed by atoms with Crippen LogP contribution in [-0.4, -0.2) is 101 Å². The van der Waals surface area contributed by atoms with Crippen LogP contribution in [0.1, 0.15) is 124 Å². The molecule has 6 aliphatic heterocycles. The molecule has 15 nitrogen and oxygen atoms in total. The Balaban J connectivity index is 0.000000130. The van der Waals surface area contributed by atoms with Crippen molar-refractivity contribution >= 4 is 0 Å². The Morgan fingerprint density at radius 1 is 0.446 bits per heavy atom. The predicted octanol–water partition coefficient (Wildman–Crippen LogP) is 8.41. The molecule has 1 saturated carbocycles. The van der Waals surface area contributed by atoms with Gasteiger partial charge in [0.25, 0.3) is 0 Å². The number of fused-ring (bicyclic) bond motifs is 3. The Morgan fingerprint density at radius 3 is 1.17 bits per heavy atom. The van der Waals surface area contributed by atoms with Crippen molar-refractivity contribution in [2.75, 3.05) is 19.8 Å². The third-order valence-electron chi connectivity index (χ3n) is 16.2. The van der Waals surface area contributed by atoms with E-state index in [9.17, 15) is 52.7 Å². The summed E-state index contributed by atoms with van der Waals surface area (Å²) in [4.78, 5) is 31.2. The molecule has 0 amide bonds. The van der Waals surface area contributed by atoms with Gasteiger partial charge in [0.1, 0.15) is 47.4 Å². The lowest BCUT2D eigenvalue weighted by Crippen LogP contribution is -2.47. The number of aryl methyl sites for hydroxylation is 1. The van der Waals surface area contributed by atoms with Gasteiger partial charge < -0.3 is 31.4 Å². The minimum Gasteiger partial charge on any atom is -0.370 e. The topological polar surface area (TPSA) is 193 Å². The zero-order chi connectivity index (χ0) is 58.8. The van der Waals surface area contributed by atoms with E-state index in [-0.39, 0.29) is 53.7 Å². The van der Waals surface area contributed by atoms with Gasteiger partial charge in [0.15, 0.2) is 34.9 Å². The number of rotatable bonds is 7. The van der Waals surface area contributed by atoms with Crippen LogP contribution in [0.25, 0.3) is 0 Å². The van der Waals surface area contributed by atoms with E-state index in [1.54, 1.807) is 0 Å². The van der Waals surface area contributed by atoms with Crippen molar-refractivity contribution in [1.29, 1.82) is 0 Å². The van der Waals surface area contributed by atoms with E-state index in [1.807, 2.05) is 24.2 Å². The van der Waals surface area contributed by atoms with Crippen LogP contribution in [-0.2, 0) is 59.7 Å². The summed E-state index contributed by atoms with van der Waals surface area (Å²) in [6, 6.07) is 2.02. The van der Waals surface area contributed by atoms with Gasteiger partial charge in [-0.05, 0) is 57.2 Å². The maximum absolute atomic E-state index is 14.1. The number of benzene rings is 3. The highest BCUT2D eigenvalue weighted by Crippen LogP contribution is 2.41. The van der Waals surface area contributed by atoms with E-state index in [0.29, 0.717) is 88.3 Å². The first-order valence-electron chi connectivity index (χ1n) is 26.9. The van der Waals surface area contributed by atoms with Crippen molar-refractivity contribution in [2.45, 2.75) is 145 Å². The number of hydrogen-bond donors (Lipinski definition) is 3. The van der Waals surface area contributed by atoms with E-state index in [2.05, 4.69) is 34.7 Å². The number of ether oxygens (including phenoxy) is 3. The fourth-order valence-corrected chi connectivity index (χ4v) is 11.6. The van der Waals surface area contributed by atoms with Crippen molar-refractivity contribution in [2.24, 2.45) is 17.2 Å². The number of nitrogens with zero attached hydrogens (tertiary/aromatic N) is 9. The summed E-state index contributed by atoms with van der Waals surface area (Å²) in [6.07, 6.45) is 1.52.